The molecule has 4 rings (SSSR count). The zero-order valence-electron chi connectivity index (χ0n) is 15.7. The molecule has 156 valence electrons. The number of benzene rings is 1. The van der Waals surface area contributed by atoms with Crippen LogP contribution >= 0.6 is 0 Å². The number of hydrogen-bond acceptors (Lipinski definition) is 3. The van der Waals surface area contributed by atoms with Gasteiger partial charge in [-0.05, 0) is 55.9 Å². The lowest BCUT2D eigenvalue weighted by Crippen LogP contribution is -2.58. The van der Waals surface area contributed by atoms with E-state index >= 15 is 0 Å². The van der Waals surface area contributed by atoms with Crippen LogP contribution in [-0.4, -0.2) is 37.0 Å². The number of alkyl halides is 3. The highest BCUT2D eigenvalue weighted by Crippen LogP contribution is 2.41. The van der Waals surface area contributed by atoms with E-state index in [0.29, 0.717) is 25.8 Å². The molecule has 2 aliphatic heterocycles. The summed E-state index contributed by atoms with van der Waals surface area (Å²) in [6.45, 7) is 2.39. The number of sulfonamides is 1. The molecule has 5 nitrogen and oxygen atoms in total. The van der Waals surface area contributed by atoms with E-state index in [4.69, 9.17) is 0 Å². The predicted molar refractivity (Wildman–Crippen MR) is 100 cm³/mol. The zero-order chi connectivity index (χ0) is 20.5. The quantitative estimate of drug-likeness (QED) is 0.763. The minimum absolute atomic E-state index is 0.0833. The first-order valence-corrected chi connectivity index (χ1v) is 11.2. The number of fused-ring (bicyclic) bond motifs is 3. The molecule has 0 aromatic heterocycles. The number of piperidine rings is 2. The highest BCUT2D eigenvalue weighted by atomic mass is 32.2. The van der Waals surface area contributed by atoms with Crippen molar-refractivity contribution in [2.24, 2.45) is 11.8 Å². The van der Waals surface area contributed by atoms with Gasteiger partial charge in [0.15, 0.2) is 0 Å². The minimum atomic E-state index is -4.43. The first-order chi connectivity index (χ1) is 13.1. The Morgan fingerprint density at radius 1 is 1.21 bits per heavy atom. The molecular weight excluding hydrogens is 393 g/mol. The van der Waals surface area contributed by atoms with Gasteiger partial charge in [0.2, 0.25) is 15.9 Å². The molecule has 1 amide bonds. The minimum Gasteiger partial charge on any atom is -0.326 e. The van der Waals surface area contributed by atoms with Crippen LogP contribution in [0.5, 0.6) is 0 Å². The van der Waals surface area contributed by atoms with Gasteiger partial charge >= 0.3 is 6.18 Å². The van der Waals surface area contributed by atoms with Crippen LogP contribution in [0, 0.1) is 11.8 Å². The predicted octanol–water partition coefficient (Wildman–Crippen LogP) is 3.87. The van der Waals surface area contributed by atoms with E-state index in [-0.39, 0.29) is 29.3 Å². The zero-order valence-corrected chi connectivity index (χ0v) is 16.5. The van der Waals surface area contributed by atoms with Gasteiger partial charge in [-0.2, -0.15) is 17.5 Å². The Kier molecular flexibility index (Phi) is 6.05. The summed E-state index contributed by atoms with van der Waals surface area (Å²) in [7, 11) is -3.41. The van der Waals surface area contributed by atoms with E-state index < -0.39 is 27.7 Å². The molecule has 0 unspecified atom stereocenters. The Morgan fingerprint density at radius 2 is 1.89 bits per heavy atom. The molecule has 1 aromatic rings. The fourth-order valence-corrected chi connectivity index (χ4v) is 6.16. The van der Waals surface area contributed by atoms with Crippen molar-refractivity contribution in [3.63, 3.8) is 0 Å². The van der Waals surface area contributed by atoms with Crippen molar-refractivity contribution >= 4 is 21.6 Å². The molecule has 0 spiro atoms. The van der Waals surface area contributed by atoms with Gasteiger partial charge in [-0.3, -0.25) is 4.79 Å². The third kappa shape index (κ3) is 4.51. The van der Waals surface area contributed by atoms with Crippen molar-refractivity contribution in [1.82, 2.24) is 4.31 Å². The number of hydrogen-bond donors (Lipinski definition) is 1. The molecule has 1 saturated carbocycles. The topological polar surface area (TPSA) is 66.5 Å². The number of amides is 1. The Bertz CT molecular complexity index is 809. The number of carbonyl (C=O) groups excluding carboxylic acids is 1. The van der Waals surface area contributed by atoms with Crippen molar-refractivity contribution in [3.8, 4) is 0 Å². The van der Waals surface area contributed by atoms with Crippen molar-refractivity contribution in [3.05, 3.63) is 29.8 Å². The van der Waals surface area contributed by atoms with Crippen LogP contribution in [0.25, 0.3) is 0 Å². The van der Waals surface area contributed by atoms with Crippen molar-refractivity contribution in [2.45, 2.75) is 51.2 Å². The fourth-order valence-electron chi connectivity index (χ4n) is 4.17. The van der Waals surface area contributed by atoms with Crippen LogP contribution in [0.2, 0.25) is 0 Å². The second-order valence-electron chi connectivity index (χ2n) is 7.66. The lowest BCUT2D eigenvalue weighted by molar-refractivity contribution is -0.137. The maximum Gasteiger partial charge on any atom is 0.416 e. The third-order valence-electron chi connectivity index (χ3n) is 5.66. The summed E-state index contributed by atoms with van der Waals surface area (Å²) in [5, 5.41) is 2.66. The number of halogens is 3. The SMILES string of the molecule is CCCCS(=O)(=O)N1C[C@H]2CC[C@@H]1[C@H](C(=O)Nc1ccc(C(F)(F)F)cc1)C2. The number of carbonyl (C=O) groups is 1. The number of rotatable bonds is 6. The highest BCUT2D eigenvalue weighted by Gasteiger charge is 2.48. The first-order valence-electron chi connectivity index (χ1n) is 9.59. The van der Waals surface area contributed by atoms with Gasteiger partial charge in [-0.25, -0.2) is 8.42 Å². The molecule has 1 aromatic carbocycles. The van der Waals surface area contributed by atoms with Crippen LogP contribution in [0.4, 0.5) is 18.9 Å². The van der Waals surface area contributed by atoms with E-state index in [0.717, 1.165) is 25.0 Å². The number of unbranched alkanes of at least 4 members (excludes halogenated alkanes) is 1. The van der Waals surface area contributed by atoms with Gasteiger partial charge in [-0.15, -0.1) is 0 Å². The molecule has 3 fully saturated rings. The molecule has 1 N–H and O–H groups in total. The van der Waals surface area contributed by atoms with E-state index in [1.165, 1.54) is 16.4 Å². The number of nitrogens with zero attached hydrogens (tertiary/aromatic N) is 1. The summed E-state index contributed by atoms with van der Waals surface area (Å²) in [6, 6.07) is 3.91. The fraction of sp³-hybridized carbons (Fsp3) is 0.632. The second-order valence-corrected chi connectivity index (χ2v) is 9.70. The molecule has 2 bridgehead atoms. The van der Waals surface area contributed by atoms with Crippen LogP contribution < -0.4 is 5.32 Å². The molecule has 2 heterocycles. The standard InChI is InChI=1S/C19H25F3N2O3S/c1-2-3-10-28(26,27)24-12-13-4-9-17(24)16(11-13)18(25)23-15-7-5-14(6-8-15)19(20,21)22/h5-8,13,16-17H,2-4,9-12H2,1H3,(H,23,25)/t13-,16+,17+/m0/s1. The van der Waals surface area contributed by atoms with Gasteiger partial charge in [0.05, 0.1) is 17.2 Å². The molecule has 0 radical (unpaired) electrons. The monoisotopic (exact) mass is 418 g/mol. The maximum atomic E-state index is 12.8. The van der Waals surface area contributed by atoms with Gasteiger partial charge in [0.1, 0.15) is 0 Å². The molecule has 3 aliphatic rings. The lowest BCUT2D eigenvalue weighted by Gasteiger charge is -2.48. The Morgan fingerprint density at radius 3 is 2.46 bits per heavy atom. The summed E-state index contributed by atoms with van der Waals surface area (Å²) in [6.07, 6.45) is -0.928. The van der Waals surface area contributed by atoms with Crippen LogP contribution in [0.15, 0.2) is 24.3 Å². The molecule has 1 aliphatic carbocycles. The average Bonchev–Trinajstić information content (AvgIpc) is 2.66. The van der Waals surface area contributed by atoms with Crippen LogP contribution in [0.1, 0.15) is 44.6 Å². The summed E-state index contributed by atoms with van der Waals surface area (Å²) >= 11 is 0. The Labute approximate surface area is 163 Å². The normalized spacial score (nSPS) is 25.6. The lowest BCUT2D eigenvalue weighted by atomic mass is 9.73. The molecule has 28 heavy (non-hydrogen) atoms. The van der Waals surface area contributed by atoms with Crippen LogP contribution in [-0.2, 0) is 21.0 Å². The van der Waals surface area contributed by atoms with Gasteiger partial charge in [-0.1, -0.05) is 13.3 Å². The van der Waals surface area contributed by atoms with Crippen molar-refractivity contribution in [2.75, 3.05) is 17.6 Å². The maximum absolute atomic E-state index is 12.8. The van der Waals surface area contributed by atoms with Crippen LogP contribution in [0.3, 0.4) is 0 Å². The molecule has 2 saturated heterocycles. The van der Waals surface area contributed by atoms with E-state index in [1.807, 2.05) is 6.92 Å². The summed E-state index contributed by atoms with van der Waals surface area (Å²) in [4.78, 5) is 12.8. The van der Waals surface area contributed by atoms with Gasteiger partial charge in [0.25, 0.3) is 0 Å². The number of anilines is 1. The van der Waals surface area contributed by atoms with Gasteiger partial charge in [0, 0.05) is 18.3 Å². The first kappa shape index (κ1) is 21.1. The van der Waals surface area contributed by atoms with Crippen molar-refractivity contribution in [1.29, 1.82) is 0 Å². The second kappa shape index (κ2) is 8.02. The van der Waals surface area contributed by atoms with Gasteiger partial charge < -0.3 is 5.32 Å². The van der Waals surface area contributed by atoms with Crippen molar-refractivity contribution < 1.29 is 26.4 Å². The summed E-state index contributed by atoms with van der Waals surface area (Å²) < 4.78 is 64.9. The van der Waals surface area contributed by atoms with E-state index in [1.54, 1.807) is 0 Å². The average molecular weight is 418 g/mol. The van der Waals surface area contributed by atoms with E-state index in [9.17, 15) is 26.4 Å². The third-order valence-corrected chi connectivity index (χ3v) is 7.60. The Hall–Kier alpha value is -1.61. The number of nitrogens with one attached hydrogen (secondary N) is 1. The Balaban J connectivity index is 1.71. The smallest absolute Gasteiger partial charge is 0.326 e. The summed E-state index contributed by atoms with van der Waals surface area (Å²) in [5.74, 6) is -0.583. The summed E-state index contributed by atoms with van der Waals surface area (Å²) in [5.41, 5.74) is -0.504. The molecule has 3 atom stereocenters. The van der Waals surface area contributed by atoms with E-state index in [2.05, 4.69) is 5.32 Å². The molecule has 9 heteroatoms. The molecular formula is C19H25F3N2O3S. The largest absolute Gasteiger partial charge is 0.416 e. The highest BCUT2D eigenvalue weighted by molar-refractivity contribution is 7.89.